The van der Waals surface area contributed by atoms with Crippen LogP contribution in [-0.2, 0) is 14.3 Å². The molecule has 0 saturated carbocycles. The zero-order valence-corrected chi connectivity index (χ0v) is 23.2. The molecule has 1 aliphatic rings. The lowest BCUT2D eigenvalue weighted by atomic mass is 10.1. The first-order chi connectivity index (χ1) is 18.4. The van der Waals surface area contributed by atoms with Crippen LogP contribution in [0.4, 0.5) is 5.82 Å². The lowest BCUT2D eigenvalue weighted by molar-refractivity contribution is -0.143. The molecule has 208 valence electrons. The van der Waals surface area contributed by atoms with E-state index in [-0.39, 0.29) is 25.0 Å². The van der Waals surface area contributed by atoms with Gasteiger partial charge in [-0.05, 0) is 43.4 Å². The van der Waals surface area contributed by atoms with Crippen molar-refractivity contribution in [3.63, 3.8) is 0 Å². The summed E-state index contributed by atoms with van der Waals surface area (Å²) in [7, 11) is 4.69. The molecule has 1 aromatic heterocycles. The first kappa shape index (κ1) is 29.1. The van der Waals surface area contributed by atoms with Crippen molar-refractivity contribution in [3.8, 4) is 22.8 Å². The predicted molar refractivity (Wildman–Crippen MR) is 146 cm³/mol. The number of aromatic nitrogens is 2. The van der Waals surface area contributed by atoms with Gasteiger partial charge in [-0.15, -0.1) is 10.2 Å². The van der Waals surface area contributed by atoms with Crippen LogP contribution >= 0.6 is 0 Å². The SMILES string of the molecule is CCN(CC)CCN(CC(=O)N1CCN(c2ccc(-c3ccc(OC)c(OC)c3)nn2)CC1)C(=O)COC. The first-order valence-corrected chi connectivity index (χ1v) is 13.0. The van der Waals surface area contributed by atoms with Crippen LogP contribution in [0.2, 0.25) is 0 Å². The van der Waals surface area contributed by atoms with Crippen molar-refractivity contribution in [2.75, 3.05) is 91.7 Å². The highest BCUT2D eigenvalue weighted by Crippen LogP contribution is 2.31. The van der Waals surface area contributed by atoms with E-state index in [1.165, 1.54) is 7.11 Å². The monoisotopic (exact) mass is 528 g/mol. The van der Waals surface area contributed by atoms with Gasteiger partial charge >= 0.3 is 0 Å². The number of carbonyl (C=O) groups excluding carboxylic acids is 2. The first-order valence-electron chi connectivity index (χ1n) is 13.0. The van der Waals surface area contributed by atoms with Gasteiger partial charge in [0.2, 0.25) is 11.8 Å². The number of hydrogen-bond donors (Lipinski definition) is 0. The molecule has 1 aromatic carbocycles. The summed E-state index contributed by atoms with van der Waals surface area (Å²) >= 11 is 0. The van der Waals surface area contributed by atoms with Crippen LogP contribution in [0.25, 0.3) is 11.3 Å². The number of benzene rings is 1. The average Bonchev–Trinajstić information content (AvgIpc) is 2.96. The van der Waals surface area contributed by atoms with E-state index in [1.807, 2.05) is 35.2 Å². The van der Waals surface area contributed by atoms with Crippen molar-refractivity contribution >= 4 is 17.6 Å². The molecular formula is C27H40N6O5. The van der Waals surface area contributed by atoms with Crippen molar-refractivity contribution in [1.29, 1.82) is 0 Å². The molecule has 0 atom stereocenters. The molecule has 0 bridgehead atoms. The molecule has 0 unspecified atom stereocenters. The van der Waals surface area contributed by atoms with E-state index in [1.54, 1.807) is 19.1 Å². The molecule has 3 rings (SSSR count). The summed E-state index contributed by atoms with van der Waals surface area (Å²) in [5.41, 5.74) is 1.61. The topological polar surface area (TPSA) is 101 Å². The highest BCUT2D eigenvalue weighted by atomic mass is 16.5. The lowest BCUT2D eigenvalue weighted by Gasteiger charge is -2.36. The van der Waals surface area contributed by atoms with Gasteiger partial charge in [-0.3, -0.25) is 9.59 Å². The minimum absolute atomic E-state index is 0.0305. The Labute approximate surface area is 225 Å². The molecule has 0 aliphatic carbocycles. The zero-order valence-electron chi connectivity index (χ0n) is 23.2. The normalized spacial score (nSPS) is 13.5. The van der Waals surface area contributed by atoms with Crippen LogP contribution < -0.4 is 14.4 Å². The second-order valence-electron chi connectivity index (χ2n) is 8.99. The summed E-state index contributed by atoms with van der Waals surface area (Å²) < 4.78 is 15.7. The molecule has 1 saturated heterocycles. The summed E-state index contributed by atoms with van der Waals surface area (Å²) in [6.07, 6.45) is 0. The molecular weight excluding hydrogens is 488 g/mol. The van der Waals surface area contributed by atoms with Crippen molar-refractivity contribution in [1.82, 2.24) is 24.9 Å². The van der Waals surface area contributed by atoms with E-state index < -0.39 is 0 Å². The minimum Gasteiger partial charge on any atom is -0.493 e. The number of hydrogen-bond acceptors (Lipinski definition) is 9. The molecule has 11 heteroatoms. The van der Waals surface area contributed by atoms with Gasteiger partial charge in [0.15, 0.2) is 17.3 Å². The Balaban J connectivity index is 1.57. The average molecular weight is 529 g/mol. The van der Waals surface area contributed by atoms with E-state index in [4.69, 9.17) is 14.2 Å². The Hall–Kier alpha value is -3.44. The zero-order chi connectivity index (χ0) is 27.5. The predicted octanol–water partition coefficient (Wildman–Crippen LogP) is 1.63. The van der Waals surface area contributed by atoms with Crippen LogP contribution in [0.3, 0.4) is 0 Å². The third-order valence-corrected chi connectivity index (χ3v) is 6.81. The highest BCUT2D eigenvalue weighted by Gasteiger charge is 2.25. The maximum absolute atomic E-state index is 13.1. The van der Waals surface area contributed by atoms with Crippen molar-refractivity contribution in [2.24, 2.45) is 0 Å². The molecule has 2 heterocycles. The van der Waals surface area contributed by atoms with Crippen molar-refractivity contribution < 1.29 is 23.8 Å². The Kier molecular flexibility index (Phi) is 11.1. The number of rotatable bonds is 13. The molecule has 2 aromatic rings. The summed E-state index contributed by atoms with van der Waals surface area (Å²) in [5, 5.41) is 8.83. The van der Waals surface area contributed by atoms with Crippen LogP contribution in [0.5, 0.6) is 11.5 Å². The third kappa shape index (κ3) is 7.55. The number of piperazine rings is 1. The molecule has 1 aliphatic heterocycles. The molecule has 38 heavy (non-hydrogen) atoms. The Morgan fingerprint density at radius 3 is 2.18 bits per heavy atom. The number of nitrogens with zero attached hydrogens (tertiary/aromatic N) is 6. The number of likely N-dealkylation sites (N-methyl/N-ethyl adjacent to an activating group) is 1. The van der Waals surface area contributed by atoms with Gasteiger partial charge in [0.1, 0.15) is 6.61 Å². The summed E-state index contributed by atoms with van der Waals surface area (Å²) in [6.45, 7) is 9.62. The van der Waals surface area contributed by atoms with Gasteiger partial charge in [0.25, 0.3) is 0 Å². The molecule has 1 fully saturated rings. The number of methoxy groups -OCH3 is 3. The summed E-state index contributed by atoms with van der Waals surface area (Å²) in [4.78, 5) is 33.4. The fourth-order valence-electron chi connectivity index (χ4n) is 4.40. The van der Waals surface area contributed by atoms with Crippen LogP contribution in [0, 0.1) is 0 Å². The maximum atomic E-state index is 13.1. The van der Waals surface area contributed by atoms with Crippen molar-refractivity contribution in [3.05, 3.63) is 30.3 Å². The van der Waals surface area contributed by atoms with Gasteiger partial charge < -0.3 is 33.8 Å². The van der Waals surface area contributed by atoms with E-state index in [9.17, 15) is 9.59 Å². The van der Waals surface area contributed by atoms with Gasteiger partial charge in [0, 0.05) is 51.9 Å². The van der Waals surface area contributed by atoms with Crippen LogP contribution in [0.15, 0.2) is 30.3 Å². The maximum Gasteiger partial charge on any atom is 0.249 e. The van der Waals surface area contributed by atoms with Gasteiger partial charge in [-0.1, -0.05) is 13.8 Å². The largest absolute Gasteiger partial charge is 0.493 e. The van der Waals surface area contributed by atoms with Crippen LogP contribution in [-0.4, -0.2) is 124 Å². The summed E-state index contributed by atoms with van der Waals surface area (Å²) in [6, 6.07) is 9.49. The number of amides is 2. The Morgan fingerprint density at radius 2 is 1.61 bits per heavy atom. The second-order valence-corrected chi connectivity index (χ2v) is 8.99. The fraction of sp³-hybridized carbons (Fsp3) is 0.556. The molecule has 0 radical (unpaired) electrons. The number of ether oxygens (including phenoxy) is 3. The fourth-order valence-corrected chi connectivity index (χ4v) is 4.40. The van der Waals surface area contributed by atoms with E-state index >= 15 is 0 Å². The number of anilines is 1. The van der Waals surface area contributed by atoms with Gasteiger partial charge in [0.05, 0.1) is 26.5 Å². The molecule has 0 N–H and O–H groups in total. The number of carbonyl (C=O) groups is 2. The van der Waals surface area contributed by atoms with Gasteiger partial charge in [-0.2, -0.15) is 0 Å². The van der Waals surface area contributed by atoms with Gasteiger partial charge in [-0.25, -0.2) is 0 Å². The van der Waals surface area contributed by atoms with E-state index in [0.29, 0.717) is 44.2 Å². The van der Waals surface area contributed by atoms with Crippen molar-refractivity contribution in [2.45, 2.75) is 13.8 Å². The van der Waals surface area contributed by atoms with E-state index in [2.05, 4.69) is 33.8 Å². The molecule has 0 spiro atoms. The highest BCUT2D eigenvalue weighted by molar-refractivity contribution is 5.85. The molecule has 2 amide bonds. The minimum atomic E-state index is -0.170. The third-order valence-electron chi connectivity index (χ3n) is 6.81. The lowest BCUT2D eigenvalue weighted by Crippen LogP contribution is -2.53. The van der Waals surface area contributed by atoms with Crippen LogP contribution in [0.1, 0.15) is 13.8 Å². The summed E-state index contributed by atoms with van der Waals surface area (Å²) in [5.74, 6) is 1.83. The molecule has 11 nitrogen and oxygen atoms in total. The second kappa shape index (κ2) is 14.5. The smallest absolute Gasteiger partial charge is 0.249 e. The quantitative estimate of drug-likeness (QED) is 0.384. The van der Waals surface area contributed by atoms with E-state index in [0.717, 1.165) is 36.7 Å². The Morgan fingerprint density at radius 1 is 0.895 bits per heavy atom. The standard InChI is InChI=1S/C27H40N6O5/c1-6-30(7-2)12-13-33(27(35)20-36-3)19-26(34)32-16-14-31(15-17-32)25-11-9-22(28-29-25)21-8-10-23(37-4)24(18-21)38-5/h8-11,18H,6-7,12-17,19-20H2,1-5H3. The Bertz CT molecular complexity index is 1040.